The summed E-state index contributed by atoms with van der Waals surface area (Å²) in [5.74, 6) is -18.0. The maximum atomic E-state index is 12.0. The van der Waals surface area contributed by atoms with Gasteiger partial charge in [0.05, 0.1) is 44.5 Å². The Balaban J connectivity index is 3.65. The molecular weight excluding hydrogens is 496 g/mol. The van der Waals surface area contributed by atoms with Gasteiger partial charge in [0.1, 0.15) is 0 Å². The third-order valence-electron chi connectivity index (χ3n) is 4.68. The van der Waals surface area contributed by atoms with E-state index in [0.29, 0.717) is 0 Å². The molecule has 0 radical (unpaired) electrons. The molecule has 0 fully saturated rings. The number of carboxylic acids is 8. The minimum absolute atomic E-state index is 0.0983. The third kappa shape index (κ3) is 4.23. The summed E-state index contributed by atoms with van der Waals surface area (Å²) in [6, 6.07) is 0.197. The van der Waals surface area contributed by atoms with Crippen molar-refractivity contribution in [1.82, 2.24) is 0 Å². The van der Waals surface area contributed by atoms with Crippen molar-refractivity contribution in [2.75, 3.05) is 0 Å². The molecule has 8 N–H and O–H groups in total. The second-order valence-electron chi connectivity index (χ2n) is 6.63. The highest BCUT2D eigenvalue weighted by Crippen LogP contribution is 2.40. The van der Waals surface area contributed by atoms with Gasteiger partial charge in [0.2, 0.25) is 0 Å². The molecule has 0 saturated heterocycles. The van der Waals surface area contributed by atoms with Gasteiger partial charge < -0.3 is 40.9 Å². The molecule has 2 aromatic carbocycles. The van der Waals surface area contributed by atoms with E-state index in [1.807, 2.05) is 0 Å². The highest BCUT2D eigenvalue weighted by molar-refractivity contribution is 6.22. The fourth-order valence-corrected chi connectivity index (χ4v) is 3.43. The zero-order valence-corrected chi connectivity index (χ0v) is 17.0. The summed E-state index contributed by atoms with van der Waals surface area (Å²) in [6.45, 7) is 0. The van der Waals surface area contributed by atoms with Crippen molar-refractivity contribution < 1.29 is 79.2 Å². The molecule has 0 heterocycles. The summed E-state index contributed by atoms with van der Waals surface area (Å²) in [6.07, 6.45) is 0. The van der Waals surface area contributed by atoms with Gasteiger partial charge in [-0.05, 0) is 12.1 Å². The Morgan fingerprint density at radius 2 is 0.500 bits per heavy atom. The molecule has 0 bridgehead atoms. The molecule has 36 heavy (non-hydrogen) atoms. The molecule has 0 saturated carbocycles. The van der Waals surface area contributed by atoms with Crippen LogP contribution in [0, 0.1) is 0 Å². The van der Waals surface area contributed by atoms with Crippen molar-refractivity contribution in [3.8, 4) is 11.1 Å². The summed E-state index contributed by atoms with van der Waals surface area (Å²) >= 11 is 0. The molecule has 0 atom stereocenters. The van der Waals surface area contributed by atoms with E-state index in [1.54, 1.807) is 0 Å². The molecule has 0 aliphatic heterocycles. The van der Waals surface area contributed by atoms with E-state index < -0.39 is 103 Å². The van der Waals surface area contributed by atoms with E-state index in [-0.39, 0.29) is 12.1 Å². The Labute approximate surface area is 195 Å². The topological polar surface area (TPSA) is 298 Å². The van der Waals surface area contributed by atoms with Crippen LogP contribution in [0.3, 0.4) is 0 Å². The maximum Gasteiger partial charge on any atom is 0.337 e. The Morgan fingerprint density at radius 1 is 0.333 bits per heavy atom. The van der Waals surface area contributed by atoms with Crippen molar-refractivity contribution >= 4 is 47.8 Å². The summed E-state index contributed by atoms with van der Waals surface area (Å²) in [4.78, 5) is 95.1. The van der Waals surface area contributed by atoms with Gasteiger partial charge in [0.15, 0.2) is 0 Å². The first-order chi connectivity index (χ1) is 16.5. The largest absolute Gasteiger partial charge is 0.478 e. The fraction of sp³-hybridized carbons (Fsp3) is 0. The third-order valence-corrected chi connectivity index (χ3v) is 4.68. The van der Waals surface area contributed by atoms with Gasteiger partial charge in [-0.3, -0.25) is 0 Å². The smallest absolute Gasteiger partial charge is 0.337 e. The minimum atomic E-state index is -2.33. The van der Waals surface area contributed by atoms with E-state index in [9.17, 15) is 79.2 Å². The van der Waals surface area contributed by atoms with Crippen molar-refractivity contribution in [3.63, 3.8) is 0 Å². The van der Waals surface area contributed by atoms with Crippen LogP contribution in [0.5, 0.6) is 0 Å². The van der Waals surface area contributed by atoms with Crippen LogP contribution in [-0.2, 0) is 0 Å². The Kier molecular flexibility index (Phi) is 6.77. The van der Waals surface area contributed by atoms with Crippen LogP contribution in [0.1, 0.15) is 82.9 Å². The van der Waals surface area contributed by atoms with Crippen LogP contribution in [0.15, 0.2) is 12.1 Å². The van der Waals surface area contributed by atoms with Crippen LogP contribution in [-0.4, -0.2) is 88.6 Å². The highest BCUT2D eigenvalue weighted by Gasteiger charge is 2.39. The summed E-state index contributed by atoms with van der Waals surface area (Å²) in [5, 5.41) is 76.5. The van der Waals surface area contributed by atoms with Crippen molar-refractivity contribution in [3.05, 3.63) is 56.6 Å². The van der Waals surface area contributed by atoms with E-state index in [0.717, 1.165) is 0 Å². The van der Waals surface area contributed by atoms with E-state index in [4.69, 9.17) is 0 Å². The van der Waals surface area contributed by atoms with Crippen molar-refractivity contribution in [2.45, 2.75) is 0 Å². The number of carboxylic acid groups (broad SMARTS) is 8. The predicted octanol–water partition coefficient (Wildman–Crippen LogP) is 0.939. The zero-order valence-electron chi connectivity index (χ0n) is 17.0. The van der Waals surface area contributed by atoms with Crippen molar-refractivity contribution in [2.24, 2.45) is 0 Å². The van der Waals surface area contributed by atoms with E-state index in [1.165, 1.54) is 0 Å². The molecule has 0 amide bonds. The first-order valence-corrected chi connectivity index (χ1v) is 8.83. The maximum absolute atomic E-state index is 12.0. The lowest BCUT2D eigenvalue weighted by Crippen LogP contribution is -2.23. The van der Waals surface area contributed by atoms with Gasteiger partial charge in [0.25, 0.3) is 0 Å². The zero-order chi connectivity index (χ0) is 27.8. The van der Waals surface area contributed by atoms with Gasteiger partial charge in [-0.1, -0.05) is 0 Å². The number of hydrogen-bond donors (Lipinski definition) is 8. The average molecular weight is 506 g/mol. The highest BCUT2D eigenvalue weighted by atomic mass is 16.4. The van der Waals surface area contributed by atoms with E-state index >= 15 is 0 Å². The molecule has 2 rings (SSSR count). The minimum Gasteiger partial charge on any atom is -0.478 e. The SMILES string of the molecule is O=C(O)c1cc(C(=O)O)c(C(=O)O)c(-c2c(C(=O)O)c(C(=O)O)cc(C(=O)O)c2C(=O)O)c1C(=O)O. The summed E-state index contributed by atoms with van der Waals surface area (Å²) < 4.78 is 0. The molecule has 0 aliphatic rings. The predicted molar refractivity (Wildman–Crippen MR) is 108 cm³/mol. The fourth-order valence-electron chi connectivity index (χ4n) is 3.43. The lowest BCUT2D eigenvalue weighted by molar-refractivity contribution is 0.0634. The number of hydrogen-bond acceptors (Lipinski definition) is 8. The first-order valence-electron chi connectivity index (χ1n) is 8.83. The molecule has 16 heteroatoms. The normalized spacial score (nSPS) is 10.3. The van der Waals surface area contributed by atoms with Gasteiger partial charge in [-0.25, -0.2) is 38.4 Å². The summed E-state index contributed by atoms with van der Waals surface area (Å²) in [5.41, 5.74) is -15.7. The van der Waals surface area contributed by atoms with Gasteiger partial charge in [0, 0.05) is 11.1 Å². The average Bonchev–Trinajstić information content (AvgIpc) is 2.74. The molecular formula is C20H10O16. The molecule has 0 unspecified atom stereocenters. The lowest BCUT2D eigenvalue weighted by Gasteiger charge is -2.21. The second kappa shape index (κ2) is 9.21. The first kappa shape index (κ1) is 26.5. The molecule has 0 spiro atoms. The monoisotopic (exact) mass is 506 g/mol. The molecule has 2 aromatic rings. The summed E-state index contributed by atoms with van der Waals surface area (Å²) in [7, 11) is 0. The lowest BCUT2D eigenvalue weighted by atomic mass is 9.80. The molecule has 0 aliphatic carbocycles. The number of aromatic carboxylic acids is 8. The van der Waals surface area contributed by atoms with Crippen LogP contribution in [0.4, 0.5) is 0 Å². The standard InChI is InChI=1S/C20H10O16/c21-13(22)3-1-4(14(23)24)8(18(31)32)11(7(3)17(29)30)12-9(19(33)34)5(15(25)26)2-6(16(27)28)10(12)20(35)36/h1-2H,(H,21,22)(H,23,24)(H,25,26)(H,27,28)(H,29,30)(H,31,32)(H,33,34)(H,35,36). The van der Waals surface area contributed by atoms with Gasteiger partial charge >= 0.3 is 47.8 Å². The van der Waals surface area contributed by atoms with Crippen LogP contribution in [0.25, 0.3) is 11.1 Å². The quantitative estimate of drug-likeness (QED) is 0.234. The van der Waals surface area contributed by atoms with Crippen LogP contribution in [0.2, 0.25) is 0 Å². The van der Waals surface area contributed by atoms with Gasteiger partial charge in [-0.15, -0.1) is 0 Å². The Hall–Kier alpha value is -5.80. The number of carbonyl (C=O) groups is 8. The molecule has 186 valence electrons. The van der Waals surface area contributed by atoms with Crippen molar-refractivity contribution in [1.29, 1.82) is 0 Å². The van der Waals surface area contributed by atoms with E-state index in [2.05, 4.69) is 0 Å². The van der Waals surface area contributed by atoms with Gasteiger partial charge in [-0.2, -0.15) is 0 Å². The van der Waals surface area contributed by atoms with Crippen LogP contribution < -0.4 is 0 Å². The molecule has 0 aromatic heterocycles. The Bertz CT molecular complexity index is 1230. The number of rotatable bonds is 9. The molecule has 16 nitrogen and oxygen atoms in total. The number of benzene rings is 2. The Morgan fingerprint density at radius 3 is 0.611 bits per heavy atom. The van der Waals surface area contributed by atoms with Crippen LogP contribution >= 0.6 is 0 Å². The second-order valence-corrected chi connectivity index (χ2v) is 6.63.